The molecular formula is C40H82N2O6P+. The third-order valence-corrected chi connectivity index (χ3v) is 10.2. The number of allylic oxidation sites excluding steroid dienone is 2. The van der Waals surface area contributed by atoms with E-state index in [1.54, 1.807) is 0 Å². The third kappa shape index (κ3) is 35.4. The number of likely N-dealkylation sites (N-methyl/N-ethyl adjacent to an activating group) is 1. The van der Waals surface area contributed by atoms with E-state index in [4.69, 9.17) is 9.05 Å². The molecule has 0 aliphatic heterocycles. The number of phosphoric acid groups is 1. The maximum absolute atomic E-state index is 12.8. The zero-order valence-corrected chi connectivity index (χ0v) is 33.8. The zero-order chi connectivity index (χ0) is 36.5. The molecule has 0 aromatic carbocycles. The van der Waals surface area contributed by atoms with Crippen LogP contribution in [0.15, 0.2) is 12.2 Å². The van der Waals surface area contributed by atoms with Crippen LogP contribution in [0.2, 0.25) is 0 Å². The number of amides is 1. The lowest BCUT2D eigenvalue weighted by Gasteiger charge is -2.26. The summed E-state index contributed by atoms with van der Waals surface area (Å²) in [5.41, 5.74) is 0. The topological polar surface area (TPSA) is 105 Å². The summed E-state index contributed by atoms with van der Waals surface area (Å²) in [4.78, 5) is 23.0. The smallest absolute Gasteiger partial charge is 0.391 e. The summed E-state index contributed by atoms with van der Waals surface area (Å²) in [5.74, 6) is -0.150. The number of rotatable bonds is 37. The maximum atomic E-state index is 12.8. The molecule has 3 atom stereocenters. The third-order valence-electron chi connectivity index (χ3n) is 9.26. The van der Waals surface area contributed by atoms with Gasteiger partial charge in [0.05, 0.1) is 39.9 Å². The SMILES string of the molecule is CCCCCC/C=C\CCCCCCCCCC(=O)NC(COP(=O)(O)OCC[N+](C)(C)C)C(O)CCCCCCCCCCCCCC. The Morgan fingerprint density at radius 2 is 1.10 bits per heavy atom. The molecule has 0 rings (SSSR count). The Kier molecular flexibility index (Phi) is 32.6. The fourth-order valence-corrected chi connectivity index (χ4v) is 6.66. The van der Waals surface area contributed by atoms with Crippen LogP contribution in [0.25, 0.3) is 0 Å². The summed E-state index contributed by atoms with van der Waals surface area (Å²) in [7, 11) is 1.61. The molecule has 49 heavy (non-hydrogen) atoms. The lowest BCUT2D eigenvalue weighted by Crippen LogP contribution is -2.46. The summed E-state index contributed by atoms with van der Waals surface area (Å²) in [6.07, 6.45) is 35.1. The molecule has 9 heteroatoms. The van der Waals surface area contributed by atoms with Crippen molar-refractivity contribution >= 4 is 13.7 Å². The second-order valence-corrected chi connectivity index (χ2v) is 16.8. The van der Waals surface area contributed by atoms with Gasteiger partial charge in [0, 0.05) is 6.42 Å². The number of phosphoric ester groups is 1. The van der Waals surface area contributed by atoms with Gasteiger partial charge >= 0.3 is 7.82 Å². The summed E-state index contributed by atoms with van der Waals surface area (Å²) in [6, 6.07) is -0.756. The minimum absolute atomic E-state index is 0.0754. The summed E-state index contributed by atoms with van der Waals surface area (Å²) in [6.45, 7) is 4.86. The molecule has 0 spiro atoms. The van der Waals surface area contributed by atoms with Crippen molar-refractivity contribution in [3.8, 4) is 0 Å². The number of nitrogens with zero attached hydrogens (tertiary/aromatic N) is 1. The predicted molar refractivity (Wildman–Crippen MR) is 208 cm³/mol. The minimum atomic E-state index is -4.30. The first-order valence-electron chi connectivity index (χ1n) is 20.6. The molecule has 0 aliphatic rings. The molecule has 0 heterocycles. The predicted octanol–water partition coefficient (Wildman–Crippen LogP) is 10.8. The van der Waals surface area contributed by atoms with Crippen molar-refractivity contribution in [2.45, 2.75) is 199 Å². The average molecular weight is 718 g/mol. The molecule has 0 aromatic rings. The highest BCUT2D eigenvalue weighted by molar-refractivity contribution is 7.47. The van der Waals surface area contributed by atoms with E-state index in [9.17, 15) is 19.4 Å². The Morgan fingerprint density at radius 3 is 1.59 bits per heavy atom. The fraction of sp³-hybridized carbons (Fsp3) is 0.925. The molecule has 3 unspecified atom stereocenters. The second kappa shape index (κ2) is 33.1. The molecule has 0 aliphatic carbocycles. The van der Waals surface area contributed by atoms with Crippen LogP contribution in [-0.2, 0) is 18.4 Å². The number of unbranched alkanes of at least 4 members (excludes halogenated alkanes) is 22. The zero-order valence-electron chi connectivity index (χ0n) is 32.9. The number of carbonyl (C=O) groups is 1. The molecule has 0 saturated heterocycles. The van der Waals surface area contributed by atoms with E-state index in [1.165, 1.54) is 122 Å². The molecule has 0 bridgehead atoms. The Bertz CT molecular complexity index is 819. The van der Waals surface area contributed by atoms with Crippen LogP contribution in [-0.4, -0.2) is 73.4 Å². The number of hydrogen-bond donors (Lipinski definition) is 3. The highest BCUT2D eigenvalue weighted by Crippen LogP contribution is 2.43. The molecule has 0 aromatic heterocycles. The number of nitrogens with one attached hydrogen (secondary N) is 1. The summed E-state index contributed by atoms with van der Waals surface area (Å²) >= 11 is 0. The average Bonchev–Trinajstić information content (AvgIpc) is 3.04. The van der Waals surface area contributed by atoms with E-state index in [-0.39, 0.29) is 19.1 Å². The molecular weight excluding hydrogens is 635 g/mol. The molecule has 0 fully saturated rings. The Hall–Kier alpha value is -0.760. The van der Waals surface area contributed by atoms with Gasteiger partial charge in [-0.3, -0.25) is 13.8 Å². The van der Waals surface area contributed by atoms with E-state index in [0.29, 0.717) is 23.9 Å². The monoisotopic (exact) mass is 718 g/mol. The first-order chi connectivity index (χ1) is 23.5. The number of hydrogen-bond acceptors (Lipinski definition) is 5. The standard InChI is InChI=1S/C40H81N2O6P/c1-6-8-10-12-14-16-18-20-21-22-24-26-28-30-32-34-40(44)41-38(37-48-49(45,46)47-36-35-42(3,4)5)39(43)33-31-29-27-25-23-19-17-15-13-11-9-7-2/h16,18,38-39,43H,6-15,17,19-37H2,1-5H3,(H-,41,44,45,46)/p+1/b18-16-. The lowest BCUT2D eigenvalue weighted by atomic mass is 10.0. The van der Waals surface area contributed by atoms with Crippen molar-refractivity contribution in [3.63, 3.8) is 0 Å². The van der Waals surface area contributed by atoms with Gasteiger partial charge in [-0.2, -0.15) is 0 Å². The molecule has 0 saturated carbocycles. The first-order valence-corrected chi connectivity index (χ1v) is 22.0. The number of aliphatic hydroxyl groups is 1. The lowest BCUT2D eigenvalue weighted by molar-refractivity contribution is -0.870. The van der Waals surface area contributed by atoms with Crippen LogP contribution in [0, 0.1) is 0 Å². The number of carbonyl (C=O) groups excluding carboxylic acids is 1. The van der Waals surface area contributed by atoms with Gasteiger partial charge in [0.2, 0.25) is 5.91 Å². The van der Waals surface area contributed by atoms with Crippen molar-refractivity contribution in [1.82, 2.24) is 5.32 Å². The van der Waals surface area contributed by atoms with Crippen molar-refractivity contribution < 1.29 is 32.9 Å². The Balaban J connectivity index is 4.41. The normalized spacial score (nSPS) is 14.7. The first kappa shape index (κ1) is 48.2. The number of aliphatic hydroxyl groups excluding tert-OH is 1. The second-order valence-electron chi connectivity index (χ2n) is 15.4. The van der Waals surface area contributed by atoms with Crippen molar-refractivity contribution in [1.29, 1.82) is 0 Å². The van der Waals surface area contributed by atoms with E-state index in [0.717, 1.165) is 38.5 Å². The largest absolute Gasteiger partial charge is 0.472 e. The molecule has 1 amide bonds. The van der Waals surface area contributed by atoms with Crippen LogP contribution in [0.1, 0.15) is 187 Å². The van der Waals surface area contributed by atoms with Gasteiger partial charge in [-0.15, -0.1) is 0 Å². The van der Waals surface area contributed by atoms with Gasteiger partial charge in [-0.1, -0.05) is 154 Å². The van der Waals surface area contributed by atoms with E-state index < -0.39 is 20.0 Å². The van der Waals surface area contributed by atoms with Crippen LogP contribution in [0.4, 0.5) is 0 Å². The highest BCUT2D eigenvalue weighted by Gasteiger charge is 2.28. The van der Waals surface area contributed by atoms with Crippen molar-refractivity contribution in [2.24, 2.45) is 0 Å². The molecule has 8 nitrogen and oxygen atoms in total. The fourth-order valence-electron chi connectivity index (χ4n) is 5.92. The van der Waals surface area contributed by atoms with E-state index in [1.807, 2.05) is 21.1 Å². The van der Waals surface area contributed by atoms with E-state index >= 15 is 0 Å². The van der Waals surface area contributed by atoms with Gasteiger partial charge in [-0.25, -0.2) is 4.57 Å². The molecule has 3 N–H and O–H groups in total. The van der Waals surface area contributed by atoms with Gasteiger partial charge < -0.3 is 19.8 Å². The maximum Gasteiger partial charge on any atom is 0.472 e. The Morgan fingerprint density at radius 1 is 0.673 bits per heavy atom. The van der Waals surface area contributed by atoms with Gasteiger partial charge in [-0.05, 0) is 38.5 Å². The highest BCUT2D eigenvalue weighted by atomic mass is 31.2. The van der Waals surface area contributed by atoms with Crippen LogP contribution < -0.4 is 5.32 Å². The summed E-state index contributed by atoms with van der Waals surface area (Å²) < 4.78 is 23.5. The van der Waals surface area contributed by atoms with Crippen molar-refractivity contribution in [2.75, 3.05) is 40.9 Å². The summed E-state index contributed by atoms with van der Waals surface area (Å²) in [5, 5.41) is 13.9. The number of quaternary nitrogens is 1. The van der Waals surface area contributed by atoms with Crippen LogP contribution >= 0.6 is 7.82 Å². The van der Waals surface area contributed by atoms with Crippen LogP contribution in [0.5, 0.6) is 0 Å². The van der Waals surface area contributed by atoms with Gasteiger partial charge in [0.15, 0.2) is 0 Å². The van der Waals surface area contributed by atoms with Crippen LogP contribution in [0.3, 0.4) is 0 Å². The quantitative estimate of drug-likeness (QED) is 0.0256. The van der Waals surface area contributed by atoms with Crippen molar-refractivity contribution in [3.05, 3.63) is 12.2 Å². The molecule has 292 valence electrons. The molecule has 0 radical (unpaired) electrons. The minimum Gasteiger partial charge on any atom is -0.391 e. The van der Waals surface area contributed by atoms with E-state index in [2.05, 4.69) is 31.3 Å². The Labute approximate surface area is 303 Å². The van der Waals surface area contributed by atoms with Gasteiger partial charge in [0.25, 0.3) is 0 Å². The van der Waals surface area contributed by atoms with Gasteiger partial charge in [0.1, 0.15) is 13.2 Å².